The molecule has 0 atom stereocenters. The standard InChI is InChI=1S/C24H19Cl2NO3/c1-13(2)14-3-5-15(6-4-14)16-7-10-20-18(11-16)24(30)17-8-9-19(25)22(26)23(17)27(20)12-21(28)29/h3-11,13H,12H2,1-2H3,(H,28,29). The number of hydrogen-bond acceptors (Lipinski definition) is 2. The van der Waals surface area contributed by atoms with E-state index in [1.165, 1.54) is 10.1 Å². The number of carboxylic acids is 1. The van der Waals surface area contributed by atoms with Gasteiger partial charge in [0.15, 0.2) is 5.43 Å². The Kier molecular flexibility index (Phi) is 5.31. The van der Waals surface area contributed by atoms with E-state index < -0.39 is 5.97 Å². The molecule has 4 nitrogen and oxygen atoms in total. The number of halogens is 2. The molecule has 0 spiro atoms. The quantitative estimate of drug-likeness (QED) is 0.377. The first-order chi connectivity index (χ1) is 14.3. The maximum Gasteiger partial charge on any atom is 0.323 e. The zero-order chi connectivity index (χ0) is 21.6. The molecule has 3 aromatic carbocycles. The number of benzene rings is 3. The maximum atomic E-state index is 13.3. The van der Waals surface area contributed by atoms with Gasteiger partial charge in [0.2, 0.25) is 0 Å². The molecule has 0 radical (unpaired) electrons. The summed E-state index contributed by atoms with van der Waals surface area (Å²) in [5.41, 5.74) is 3.73. The highest BCUT2D eigenvalue weighted by Gasteiger charge is 2.17. The lowest BCUT2D eigenvalue weighted by Gasteiger charge is -2.16. The van der Waals surface area contributed by atoms with E-state index in [0.717, 1.165) is 11.1 Å². The average Bonchev–Trinajstić information content (AvgIpc) is 2.72. The van der Waals surface area contributed by atoms with Crippen molar-refractivity contribution in [3.05, 3.63) is 80.4 Å². The molecule has 0 unspecified atom stereocenters. The Morgan fingerprint density at radius 2 is 1.63 bits per heavy atom. The average molecular weight is 440 g/mol. The summed E-state index contributed by atoms with van der Waals surface area (Å²) in [5, 5.41) is 10.7. The van der Waals surface area contributed by atoms with Crippen molar-refractivity contribution >= 4 is 51.0 Å². The minimum Gasteiger partial charge on any atom is -0.480 e. The Morgan fingerprint density at radius 3 is 2.27 bits per heavy atom. The second-order valence-corrected chi connectivity index (χ2v) is 8.36. The summed E-state index contributed by atoms with van der Waals surface area (Å²) < 4.78 is 1.54. The van der Waals surface area contributed by atoms with Crippen molar-refractivity contribution < 1.29 is 9.90 Å². The third kappa shape index (κ3) is 3.47. The third-order valence-electron chi connectivity index (χ3n) is 5.32. The molecule has 0 aliphatic heterocycles. The van der Waals surface area contributed by atoms with Crippen LogP contribution in [0.1, 0.15) is 25.3 Å². The summed E-state index contributed by atoms with van der Waals surface area (Å²) in [6.45, 7) is 3.94. The van der Waals surface area contributed by atoms with Crippen LogP contribution in [0.4, 0.5) is 0 Å². The molecule has 1 heterocycles. The van der Waals surface area contributed by atoms with Gasteiger partial charge in [-0.15, -0.1) is 0 Å². The molecule has 6 heteroatoms. The molecular weight excluding hydrogens is 421 g/mol. The zero-order valence-corrected chi connectivity index (χ0v) is 18.0. The number of pyridine rings is 1. The van der Waals surface area contributed by atoms with Crippen molar-refractivity contribution in [2.75, 3.05) is 0 Å². The molecule has 152 valence electrons. The van der Waals surface area contributed by atoms with Gasteiger partial charge >= 0.3 is 5.97 Å². The normalized spacial score (nSPS) is 11.5. The zero-order valence-electron chi connectivity index (χ0n) is 16.4. The highest BCUT2D eigenvalue weighted by molar-refractivity contribution is 6.45. The molecule has 4 aromatic rings. The molecule has 0 saturated carbocycles. The van der Waals surface area contributed by atoms with Gasteiger partial charge in [0.05, 0.1) is 21.1 Å². The molecular formula is C24H19Cl2NO3. The van der Waals surface area contributed by atoms with Crippen molar-refractivity contribution in [3.63, 3.8) is 0 Å². The van der Waals surface area contributed by atoms with Gasteiger partial charge in [-0.3, -0.25) is 9.59 Å². The lowest BCUT2D eigenvalue weighted by atomic mass is 9.97. The van der Waals surface area contributed by atoms with E-state index >= 15 is 0 Å². The molecule has 0 saturated heterocycles. The number of nitrogens with zero attached hydrogens (tertiary/aromatic N) is 1. The Labute approximate surface area is 183 Å². The number of fused-ring (bicyclic) bond motifs is 2. The summed E-state index contributed by atoms with van der Waals surface area (Å²) in [6, 6.07) is 16.8. The van der Waals surface area contributed by atoms with Crippen molar-refractivity contribution in [3.8, 4) is 11.1 Å². The Bertz CT molecular complexity index is 1360. The van der Waals surface area contributed by atoms with Gasteiger partial charge in [-0.2, -0.15) is 0 Å². The predicted molar refractivity (Wildman–Crippen MR) is 123 cm³/mol. The van der Waals surface area contributed by atoms with Crippen LogP contribution in [0.3, 0.4) is 0 Å². The van der Waals surface area contributed by atoms with Gasteiger partial charge in [-0.25, -0.2) is 0 Å². The fourth-order valence-electron chi connectivity index (χ4n) is 3.75. The summed E-state index contributed by atoms with van der Waals surface area (Å²) in [6.07, 6.45) is 0. The Balaban J connectivity index is 2.02. The van der Waals surface area contributed by atoms with Crippen LogP contribution in [0.2, 0.25) is 10.0 Å². The van der Waals surface area contributed by atoms with Crippen LogP contribution in [-0.4, -0.2) is 15.6 Å². The second kappa shape index (κ2) is 7.78. The smallest absolute Gasteiger partial charge is 0.323 e. The number of rotatable bonds is 4. The minimum absolute atomic E-state index is 0.169. The monoisotopic (exact) mass is 439 g/mol. The Hall–Kier alpha value is -2.82. The van der Waals surface area contributed by atoms with Crippen LogP contribution in [0, 0.1) is 0 Å². The lowest BCUT2D eigenvalue weighted by molar-refractivity contribution is -0.137. The van der Waals surface area contributed by atoms with Gasteiger partial charge in [0, 0.05) is 10.8 Å². The van der Waals surface area contributed by atoms with Gasteiger partial charge in [-0.05, 0) is 46.9 Å². The molecule has 0 aliphatic rings. The van der Waals surface area contributed by atoms with Crippen LogP contribution in [0.5, 0.6) is 0 Å². The SMILES string of the molecule is CC(C)c1ccc(-c2ccc3c(c2)c(=O)c2ccc(Cl)c(Cl)c2n3CC(=O)O)cc1. The van der Waals surface area contributed by atoms with Crippen LogP contribution in [-0.2, 0) is 11.3 Å². The Morgan fingerprint density at radius 1 is 0.967 bits per heavy atom. The molecule has 1 aromatic heterocycles. The summed E-state index contributed by atoms with van der Waals surface area (Å²) >= 11 is 12.5. The molecule has 0 aliphatic carbocycles. The summed E-state index contributed by atoms with van der Waals surface area (Å²) in [5.74, 6) is -0.604. The van der Waals surface area contributed by atoms with E-state index in [1.807, 2.05) is 24.3 Å². The minimum atomic E-state index is -1.04. The van der Waals surface area contributed by atoms with Crippen LogP contribution in [0.15, 0.2) is 59.4 Å². The van der Waals surface area contributed by atoms with Gasteiger partial charge in [0.1, 0.15) is 6.54 Å². The first-order valence-electron chi connectivity index (χ1n) is 9.54. The van der Waals surface area contributed by atoms with E-state index in [1.54, 1.807) is 18.2 Å². The van der Waals surface area contributed by atoms with E-state index in [-0.39, 0.29) is 22.0 Å². The third-order valence-corrected chi connectivity index (χ3v) is 6.11. The van der Waals surface area contributed by atoms with Gasteiger partial charge in [-0.1, -0.05) is 67.4 Å². The lowest BCUT2D eigenvalue weighted by Crippen LogP contribution is -2.16. The van der Waals surface area contributed by atoms with Gasteiger partial charge in [0.25, 0.3) is 0 Å². The van der Waals surface area contributed by atoms with E-state index in [4.69, 9.17) is 23.2 Å². The molecule has 30 heavy (non-hydrogen) atoms. The topological polar surface area (TPSA) is 59.3 Å². The van der Waals surface area contributed by atoms with Crippen LogP contribution in [0.25, 0.3) is 32.9 Å². The highest BCUT2D eigenvalue weighted by Crippen LogP contribution is 2.33. The summed E-state index contributed by atoms with van der Waals surface area (Å²) in [7, 11) is 0. The predicted octanol–water partition coefficient (Wildman–Crippen LogP) is 6.34. The van der Waals surface area contributed by atoms with Crippen LogP contribution < -0.4 is 5.43 Å². The van der Waals surface area contributed by atoms with Gasteiger partial charge < -0.3 is 9.67 Å². The molecule has 0 fully saturated rings. The fourth-order valence-corrected chi connectivity index (χ4v) is 4.16. The van der Waals surface area contributed by atoms with Crippen molar-refractivity contribution in [1.29, 1.82) is 0 Å². The number of aromatic nitrogens is 1. The van der Waals surface area contributed by atoms with Crippen LogP contribution >= 0.6 is 23.2 Å². The van der Waals surface area contributed by atoms with Crippen molar-refractivity contribution in [1.82, 2.24) is 4.57 Å². The summed E-state index contributed by atoms with van der Waals surface area (Å²) in [4.78, 5) is 24.8. The maximum absolute atomic E-state index is 13.3. The first-order valence-corrected chi connectivity index (χ1v) is 10.3. The van der Waals surface area contributed by atoms with Crippen molar-refractivity contribution in [2.24, 2.45) is 0 Å². The highest BCUT2D eigenvalue weighted by atomic mass is 35.5. The van der Waals surface area contributed by atoms with Crippen molar-refractivity contribution in [2.45, 2.75) is 26.3 Å². The molecule has 4 rings (SSSR count). The molecule has 0 bridgehead atoms. The van der Waals surface area contributed by atoms with E-state index in [0.29, 0.717) is 27.7 Å². The number of aliphatic carboxylic acids is 1. The van der Waals surface area contributed by atoms with E-state index in [9.17, 15) is 14.7 Å². The number of carbonyl (C=O) groups is 1. The largest absolute Gasteiger partial charge is 0.480 e. The number of carboxylic acid groups (broad SMARTS) is 1. The molecule has 1 N–H and O–H groups in total. The number of hydrogen-bond donors (Lipinski definition) is 1. The second-order valence-electron chi connectivity index (χ2n) is 7.58. The van der Waals surface area contributed by atoms with E-state index in [2.05, 4.69) is 26.0 Å². The fraction of sp³-hybridized carbons (Fsp3) is 0.167. The first kappa shape index (κ1) is 20.5. The molecule has 0 amide bonds.